The van der Waals surface area contributed by atoms with Crippen molar-refractivity contribution in [3.8, 4) is 5.75 Å². The summed E-state index contributed by atoms with van der Waals surface area (Å²) in [4.78, 5) is 0. The molecule has 96 valence electrons. The van der Waals surface area contributed by atoms with Crippen LogP contribution >= 0.6 is 11.6 Å². The summed E-state index contributed by atoms with van der Waals surface area (Å²) in [6.45, 7) is 5.89. The van der Waals surface area contributed by atoms with Crippen LogP contribution < -0.4 is 4.74 Å². The summed E-state index contributed by atoms with van der Waals surface area (Å²) < 4.78 is 39.6. The lowest BCUT2D eigenvalue weighted by Gasteiger charge is -2.25. The molecule has 17 heavy (non-hydrogen) atoms. The van der Waals surface area contributed by atoms with Gasteiger partial charge in [0.1, 0.15) is 5.75 Å². The second-order valence-corrected chi connectivity index (χ2v) is 5.28. The van der Waals surface area contributed by atoms with E-state index in [1.807, 2.05) is 20.8 Å². The number of halogens is 4. The highest BCUT2D eigenvalue weighted by Crippen LogP contribution is 2.38. The van der Waals surface area contributed by atoms with Gasteiger partial charge in [0.2, 0.25) is 0 Å². The molecule has 1 unspecified atom stereocenters. The van der Waals surface area contributed by atoms with Gasteiger partial charge in [-0.05, 0) is 23.1 Å². The molecule has 0 saturated heterocycles. The van der Waals surface area contributed by atoms with E-state index in [-0.39, 0.29) is 16.5 Å². The van der Waals surface area contributed by atoms with Crippen molar-refractivity contribution in [2.75, 3.05) is 0 Å². The molecular weight excluding hydrogens is 253 g/mol. The fraction of sp³-hybridized carbons (Fsp3) is 0.500. The van der Waals surface area contributed by atoms with Gasteiger partial charge in [0, 0.05) is 0 Å². The molecule has 5 heteroatoms. The first-order chi connectivity index (χ1) is 7.59. The van der Waals surface area contributed by atoms with Gasteiger partial charge in [0.15, 0.2) is 0 Å². The van der Waals surface area contributed by atoms with E-state index >= 15 is 0 Å². The molecule has 1 atom stereocenters. The summed E-state index contributed by atoms with van der Waals surface area (Å²) in [5.41, 5.74) is 0.613. The maximum absolute atomic E-state index is 11.9. The highest BCUT2D eigenvalue weighted by Gasteiger charge is 2.31. The lowest BCUT2D eigenvalue weighted by molar-refractivity contribution is -0.274. The number of benzene rings is 1. The quantitative estimate of drug-likeness (QED) is 0.691. The third-order valence-electron chi connectivity index (χ3n) is 2.17. The molecule has 0 aliphatic carbocycles. The fourth-order valence-electron chi connectivity index (χ4n) is 1.34. The molecule has 0 amide bonds. The summed E-state index contributed by atoms with van der Waals surface area (Å²) >= 11 is 6.20. The van der Waals surface area contributed by atoms with Gasteiger partial charge in [-0.1, -0.05) is 32.9 Å². The smallest absolute Gasteiger partial charge is 0.406 e. The molecule has 1 aromatic carbocycles. The Labute approximate surface area is 104 Å². The van der Waals surface area contributed by atoms with Crippen molar-refractivity contribution in [1.82, 2.24) is 0 Å². The molecule has 1 nitrogen and oxygen atoms in total. The highest BCUT2D eigenvalue weighted by atomic mass is 35.5. The molecule has 1 rings (SSSR count). The lowest BCUT2D eigenvalue weighted by Crippen LogP contribution is -2.17. The van der Waals surface area contributed by atoms with Crippen LogP contribution in [0.5, 0.6) is 5.75 Å². The van der Waals surface area contributed by atoms with Crippen LogP contribution in [-0.2, 0) is 0 Å². The number of ether oxygens (including phenoxy) is 1. The molecule has 0 spiro atoms. The van der Waals surface area contributed by atoms with E-state index in [0.717, 1.165) is 5.56 Å². The standard InChI is InChI=1S/C12H14ClF3O/c1-11(2,3)10(13)8-4-6-9(7-5-8)17-12(14,15)16/h4-7,10H,1-3H3. The Morgan fingerprint density at radius 1 is 1.06 bits per heavy atom. The molecule has 0 bridgehead atoms. The molecule has 0 radical (unpaired) electrons. The van der Waals surface area contributed by atoms with Gasteiger partial charge in [-0.3, -0.25) is 0 Å². The first kappa shape index (κ1) is 14.2. The van der Waals surface area contributed by atoms with E-state index < -0.39 is 6.36 Å². The Bertz CT molecular complexity index is 365. The monoisotopic (exact) mass is 266 g/mol. The van der Waals surface area contributed by atoms with Crippen LogP contribution in [0.15, 0.2) is 24.3 Å². The van der Waals surface area contributed by atoms with Crippen LogP contribution in [0.4, 0.5) is 13.2 Å². The second kappa shape index (κ2) is 4.77. The van der Waals surface area contributed by atoms with E-state index in [9.17, 15) is 13.2 Å². The maximum atomic E-state index is 11.9. The Hall–Kier alpha value is -0.900. The third-order valence-corrected chi connectivity index (χ3v) is 3.07. The first-order valence-electron chi connectivity index (χ1n) is 5.09. The van der Waals surface area contributed by atoms with Gasteiger partial charge >= 0.3 is 6.36 Å². The Morgan fingerprint density at radius 3 is 1.88 bits per heavy atom. The SMILES string of the molecule is CC(C)(C)C(Cl)c1ccc(OC(F)(F)F)cc1. The van der Waals surface area contributed by atoms with Gasteiger partial charge in [0.25, 0.3) is 0 Å². The molecule has 0 aromatic heterocycles. The molecule has 0 aliphatic rings. The normalized spacial score (nSPS) is 14.5. The molecule has 0 fully saturated rings. The Kier molecular flexibility index (Phi) is 3.97. The fourth-order valence-corrected chi connectivity index (χ4v) is 1.48. The van der Waals surface area contributed by atoms with Crippen molar-refractivity contribution in [1.29, 1.82) is 0 Å². The number of hydrogen-bond acceptors (Lipinski definition) is 1. The topological polar surface area (TPSA) is 9.23 Å². The Balaban J connectivity index is 2.82. The highest BCUT2D eigenvalue weighted by molar-refractivity contribution is 6.21. The van der Waals surface area contributed by atoms with Gasteiger partial charge in [-0.25, -0.2) is 0 Å². The number of hydrogen-bond donors (Lipinski definition) is 0. The zero-order valence-corrected chi connectivity index (χ0v) is 10.6. The zero-order valence-electron chi connectivity index (χ0n) is 9.81. The van der Waals surface area contributed by atoms with Crippen LogP contribution in [0.1, 0.15) is 31.7 Å². The summed E-state index contributed by atoms with van der Waals surface area (Å²) in [7, 11) is 0. The van der Waals surface area contributed by atoms with Crippen LogP contribution in [-0.4, -0.2) is 6.36 Å². The lowest BCUT2D eigenvalue weighted by atomic mass is 9.87. The van der Waals surface area contributed by atoms with Crippen LogP contribution in [0.25, 0.3) is 0 Å². The maximum Gasteiger partial charge on any atom is 0.573 e. The summed E-state index contributed by atoms with van der Waals surface area (Å²) in [5.74, 6) is -0.237. The van der Waals surface area contributed by atoms with Gasteiger partial charge in [-0.2, -0.15) is 0 Å². The van der Waals surface area contributed by atoms with Crippen molar-refractivity contribution in [2.45, 2.75) is 32.5 Å². The average Bonchev–Trinajstić information content (AvgIpc) is 2.14. The van der Waals surface area contributed by atoms with Crippen LogP contribution in [0, 0.1) is 5.41 Å². The minimum absolute atomic E-state index is 0.159. The molecule has 0 saturated carbocycles. The van der Waals surface area contributed by atoms with Crippen molar-refractivity contribution in [3.63, 3.8) is 0 Å². The van der Waals surface area contributed by atoms with Crippen molar-refractivity contribution < 1.29 is 17.9 Å². The van der Waals surface area contributed by atoms with Crippen LogP contribution in [0.2, 0.25) is 0 Å². The van der Waals surface area contributed by atoms with E-state index in [4.69, 9.17) is 11.6 Å². The molecule has 0 aliphatic heterocycles. The largest absolute Gasteiger partial charge is 0.573 e. The summed E-state index contributed by atoms with van der Waals surface area (Å²) in [6, 6.07) is 5.63. The van der Waals surface area contributed by atoms with E-state index in [1.54, 1.807) is 12.1 Å². The minimum Gasteiger partial charge on any atom is -0.406 e. The zero-order chi connectivity index (χ0) is 13.3. The number of alkyl halides is 4. The van der Waals surface area contributed by atoms with Gasteiger partial charge in [-0.15, -0.1) is 24.8 Å². The molecule has 1 aromatic rings. The summed E-state index contributed by atoms with van der Waals surface area (Å²) in [6.07, 6.45) is -4.66. The minimum atomic E-state index is -4.66. The van der Waals surface area contributed by atoms with Crippen LogP contribution in [0.3, 0.4) is 0 Å². The van der Waals surface area contributed by atoms with Crippen molar-refractivity contribution in [2.24, 2.45) is 5.41 Å². The molecule has 0 N–H and O–H groups in total. The molecular formula is C12H14ClF3O. The van der Waals surface area contributed by atoms with E-state index in [0.29, 0.717) is 0 Å². The average molecular weight is 267 g/mol. The second-order valence-electron chi connectivity index (χ2n) is 4.85. The predicted molar refractivity (Wildman–Crippen MR) is 61.2 cm³/mol. The van der Waals surface area contributed by atoms with Crippen molar-refractivity contribution >= 4 is 11.6 Å². The van der Waals surface area contributed by atoms with Gasteiger partial charge < -0.3 is 4.74 Å². The van der Waals surface area contributed by atoms with E-state index in [2.05, 4.69) is 4.74 Å². The molecule has 0 heterocycles. The van der Waals surface area contributed by atoms with Crippen molar-refractivity contribution in [3.05, 3.63) is 29.8 Å². The Morgan fingerprint density at radius 2 is 1.53 bits per heavy atom. The van der Waals surface area contributed by atoms with Gasteiger partial charge in [0.05, 0.1) is 5.38 Å². The third kappa shape index (κ3) is 4.46. The first-order valence-corrected chi connectivity index (χ1v) is 5.53. The van der Waals surface area contributed by atoms with E-state index in [1.165, 1.54) is 12.1 Å². The predicted octanol–water partition coefficient (Wildman–Crippen LogP) is 4.91. The summed E-state index contributed by atoms with van der Waals surface area (Å²) in [5, 5.41) is -0.262. The number of rotatable bonds is 2.